The molecule has 2 aromatic carbocycles. The average molecular weight is 357 g/mol. The van der Waals surface area contributed by atoms with Gasteiger partial charge in [0.2, 0.25) is 0 Å². The van der Waals surface area contributed by atoms with Gasteiger partial charge < -0.3 is 4.74 Å². The number of alkyl halides is 2. The van der Waals surface area contributed by atoms with Crippen LogP contribution in [0.25, 0.3) is 0 Å². The van der Waals surface area contributed by atoms with Crippen LogP contribution >= 0.6 is 0 Å². The molecule has 0 aliphatic carbocycles. The summed E-state index contributed by atoms with van der Waals surface area (Å²) in [4.78, 5) is -0.345. The molecule has 0 spiro atoms. The van der Waals surface area contributed by atoms with E-state index in [1.54, 1.807) is 0 Å². The van der Waals surface area contributed by atoms with E-state index < -0.39 is 28.2 Å². The largest absolute Gasteiger partial charge is 0.433 e. The molecule has 1 heterocycles. The van der Waals surface area contributed by atoms with E-state index in [4.69, 9.17) is 0 Å². The molecule has 0 saturated heterocycles. The molecule has 0 unspecified atom stereocenters. The molecule has 0 aromatic heterocycles. The lowest BCUT2D eigenvalue weighted by Gasteiger charge is -2.31. The first-order valence-corrected chi connectivity index (χ1v) is 8.68. The van der Waals surface area contributed by atoms with Crippen molar-refractivity contribution >= 4 is 15.7 Å². The lowest BCUT2D eigenvalue weighted by Crippen LogP contribution is -2.35. The van der Waals surface area contributed by atoms with E-state index in [1.807, 2.05) is 0 Å². The fourth-order valence-electron chi connectivity index (χ4n) is 2.76. The van der Waals surface area contributed by atoms with Crippen molar-refractivity contribution in [2.24, 2.45) is 0 Å². The van der Waals surface area contributed by atoms with Gasteiger partial charge in [-0.05, 0) is 48.7 Å². The molecule has 24 heavy (non-hydrogen) atoms. The summed E-state index contributed by atoms with van der Waals surface area (Å²) in [5.74, 6) is -0.865. The number of nitrogens with zero attached hydrogens (tertiary/aromatic N) is 1. The molecule has 0 atom stereocenters. The number of fused-ring (bicyclic) bond motifs is 1. The zero-order chi connectivity index (χ0) is 17.3. The first kappa shape index (κ1) is 16.6. The van der Waals surface area contributed by atoms with Gasteiger partial charge in [0, 0.05) is 6.54 Å². The highest BCUT2D eigenvalue weighted by Crippen LogP contribution is 2.35. The van der Waals surface area contributed by atoms with Crippen molar-refractivity contribution < 1.29 is 26.3 Å². The Kier molecular flexibility index (Phi) is 4.40. The first-order chi connectivity index (χ1) is 11.4. The third-order valence-corrected chi connectivity index (χ3v) is 5.60. The van der Waals surface area contributed by atoms with Crippen LogP contribution in [-0.4, -0.2) is 21.6 Å². The van der Waals surface area contributed by atoms with E-state index in [0.717, 1.165) is 4.31 Å². The van der Waals surface area contributed by atoms with Crippen molar-refractivity contribution in [3.63, 3.8) is 0 Å². The highest BCUT2D eigenvalue weighted by molar-refractivity contribution is 7.93. The van der Waals surface area contributed by atoms with Crippen molar-refractivity contribution in [1.82, 2.24) is 0 Å². The fourth-order valence-corrected chi connectivity index (χ4v) is 4.42. The predicted octanol–water partition coefficient (Wildman–Crippen LogP) is 3.57. The van der Waals surface area contributed by atoms with Gasteiger partial charge >= 0.3 is 6.61 Å². The number of halogens is 3. The van der Waals surface area contributed by atoms with Crippen molar-refractivity contribution in [1.29, 1.82) is 0 Å². The van der Waals surface area contributed by atoms with Crippen LogP contribution in [0.5, 0.6) is 5.75 Å². The van der Waals surface area contributed by atoms with E-state index in [2.05, 4.69) is 4.74 Å². The Balaban J connectivity index is 2.08. The Labute approximate surface area is 137 Å². The maximum atomic E-state index is 13.4. The normalized spacial score (nSPS) is 14.6. The molecule has 128 valence electrons. The summed E-state index contributed by atoms with van der Waals surface area (Å²) in [6.45, 7) is -2.95. The van der Waals surface area contributed by atoms with Gasteiger partial charge in [0.25, 0.3) is 10.0 Å². The lowest BCUT2D eigenvalue weighted by molar-refractivity contribution is -0.0517. The van der Waals surface area contributed by atoms with E-state index in [-0.39, 0.29) is 11.4 Å². The van der Waals surface area contributed by atoms with Gasteiger partial charge in [-0.2, -0.15) is 8.78 Å². The topological polar surface area (TPSA) is 46.6 Å². The summed E-state index contributed by atoms with van der Waals surface area (Å²) >= 11 is 0. The van der Waals surface area contributed by atoms with Crippen LogP contribution in [-0.2, 0) is 16.4 Å². The number of para-hydroxylation sites is 1. The minimum Gasteiger partial charge on any atom is -0.433 e. The molecular formula is C16H14F3NO3S. The van der Waals surface area contributed by atoms with Crippen molar-refractivity contribution in [3.8, 4) is 5.75 Å². The molecule has 8 heteroatoms. The summed E-state index contributed by atoms with van der Waals surface area (Å²) in [5, 5.41) is 0. The van der Waals surface area contributed by atoms with Gasteiger partial charge in [0.15, 0.2) is 0 Å². The van der Waals surface area contributed by atoms with Gasteiger partial charge in [-0.3, -0.25) is 4.31 Å². The zero-order valence-corrected chi connectivity index (χ0v) is 13.3. The highest BCUT2D eigenvalue weighted by atomic mass is 32.2. The zero-order valence-electron chi connectivity index (χ0n) is 12.5. The van der Waals surface area contributed by atoms with Gasteiger partial charge in [0.1, 0.15) is 16.5 Å². The number of aryl methyl sites for hydroxylation is 1. The second-order valence-corrected chi connectivity index (χ2v) is 7.11. The smallest absolute Gasteiger partial charge is 0.387 e. The molecule has 0 N–H and O–H groups in total. The minimum absolute atomic E-state index is 0.185. The van der Waals surface area contributed by atoms with Crippen LogP contribution in [0.4, 0.5) is 18.9 Å². The lowest BCUT2D eigenvalue weighted by atomic mass is 10.0. The fraction of sp³-hybridized carbons (Fsp3) is 0.250. The van der Waals surface area contributed by atoms with E-state index in [0.29, 0.717) is 24.1 Å². The Morgan fingerprint density at radius 3 is 2.62 bits per heavy atom. The maximum Gasteiger partial charge on any atom is 0.387 e. The van der Waals surface area contributed by atoms with Crippen molar-refractivity contribution in [3.05, 3.63) is 53.8 Å². The van der Waals surface area contributed by atoms with Crippen molar-refractivity contribution in [2.45, 2.75) is 24.3 Å². The summed E-state index contributed by atoms with van der Waals surface area (Å²) in [5.41, 5.74) is 0.923. The molecule has 3 rings (SSSR count). The number of ether oxygens (including phenoxy) is 1. The van der Waals surface area contributed by atoms with Crippen molar-refractivity contribution in [2.75, 3.05) is 10.8 Å². The SMILES string of the molecule is O=S(=O)(c1ccccc1OC(F)F)N1CCCc2cc(F)ccc21. The molecule has 2 aromatic rings. The van der Waals surface area contributed by atoms with Crippen LogP contribution in [0.2, 0.25) is 0 Å². The van der Waals surface area contributed by atoms with E-state index in [9.17, 15) is 21.6 Å². The summed E-state index contributed by atoms with van der Waals surface area (Å²) in [6, 6.07) is 9.08. The monoisotopic (exact) mass is 357 g/mol. The van der Waals surface area contributed by atoms with Crippen LogP contribution in [0.1, 0.15) is 12.0 Å². The second-order valence-electron chi connectivity index (χ2n) is 5.28. The van der Waals surface area contributed by atoms with Crippen LogP contribution in [0.3, 0.4) is 0 Å². The molecule has 0 fully saturated rings. The van der Waals surface area contributed by atoms with Gasteiger partial charge in [-0.25, -0.2) is 12.8 Å². The molecule has 0 bridgehead atoms. The third-order valence-electron chi connectivity index (χ3n) is 3.75. The van der Waals surface area contributed by atoms with E-state index in [1.165, 1.54) is 42.5 Å². The Morgan fingerprint density at radius 2 is 1.88 bits per heavy atom. The molecule has 1 aliphatic rings. The van der Waals surface area contributed by atoms with Crippen LogP contribution < -0.4 is 9.04 Å². The Morgan fingerprint density at radius 1 is 1.12 bits per heavy atom. The number of sulfonamides is 1. The number of hydrogen-bond donors (Lipinski definition) is 0. The van der Waals surface area contributed by atoms with E-state index >= 15 is 0 Å². The summed E-state index contributed by atoms with van der Waals surface area (Å²) in [7, 11) is -4.11. The number of rotatable bonds is 4. The highest BCUT2D eigenvalue weighted by Gasteiger charge is 2.32. The number of benzene rings is 2. The Bertz CT molecular complexity index is 855. The number of hydrogen-bond acceptors (Lipinski definition) is 3. The first-order valence-electron chi connectivity index (χ1n) is 7.24. The molecule has 1 aliphatic heterocycles. The summed E-state index contributed by atoms with van der Waals surface area (Å²) < 4.78 is 69.8. The molecule has 0 radical (unpaired) electrons. The van der Waals surface area contributed by atoms with Gasteiger partial charge in [-0.15, -0.1) is 0 Å². The summed E-state index contributed by atoms with van der Waals surface area (Å²) in [6.07, 6.45) is 1.06. The molecular weight excluding hydrogens is 343 g/mol. The minimum atomic E-state index is -4.11. The van der Waals surface area contributed by atoms with Gasteiger partial charge in [0.05, 0.1) is 5.69 Å². The van der Waals surface area contributed by atoms with Crippen LogP contribution in [0, 0.1) is 5.82 Å². The quantitative estimate of drug-likeness (QED) is 0.840. The average Bonchev–Trinajstić information content (AvgIpc) is 2.53. The van der Waals surface area contributed by atoms with Crippen LogP contribution in [0.15, 0.2) is 47.4 Å². The van der Waals surface area contributed by atoms with Gasteiger partial charge in [-0.1, -0.05) is 12.1 Å². The number of anilines is 1. The molecule has 0 amide bonds. The molecule has 0 saturated carbocycles. The second kappa shape index (κ2) is 6.35. The standard InChI is InChI=1S/C16H14F3NO3S/c17-12-7-8-13-11(10-12)4-3-9-20(13)24(21,22)15-6-2-1-5-14(15)23-16(18)19/h1-2,5-8,10,16H,3-4,9H2. The molecule has 4 nitrogen and oxygen atoms in total. The third kappa shape index (κ3) is 3.06. The maximum absolute atomic E-state index is 13.4. The Hall–Kier alpha value is -2.22. The predicted molar refractivity (Wildman–Crippen MR) is 82.3 cm³/mol.